The Balaban J connectivity index is 2.43. The van der Waals surface area contributed by atoms with Crippen molar-refractivity contribution >= 4 is 38.9 Å². The molecule has 0 amide bonds. The highest BCUT2D eigenvalue weighted by molar-refractivity contribution is 9.10. The van der Waals surface area contributed by atoms with Gasteiger partial charge in [-0.2, -0.15) is 0 Å². The molecule has 0 saturated heterocycles. The average molecular weight is 283 g/mol. The van der Waals surface area contributed by atoms with Gasteiger partial charge in [0.25, 0.3) is 0 Å². The third-order valence-corrected chi connectivity index (χ3v) is 4.06. The van der Waals surface area contributed by atoms with Crippen LogP contribution < -0.4 is 5.32 Å². The fourth-order valence-corrected chi connectivity index (χ4v) is 2.31. The van der Waals surface area contributed by atoms with Gasteiger partial charge in [0, 0.05) is 32.7 Å². The SMILES string of the molecule is CC(C)(CCl)NCc1cc(Br)cs1. The molecule has 0 aromatic carbocycles. The van der Waals surface area contributed by atoms with Crippen LogP contribution in [0.4, 0.5) is 0 Å². The Hall–Kier alpha value is 0.430. The molecule has 0 aliphatic carbocycles. The first kappa shape index (κ1) is 11.5. The lowest BCUT2D eigenvalue weighted by molar-refractivity contribution is 0.431. The number of halogens is 2. The van der Waals surface area contributed by atoms with Gasteiger partial charge in [-0.15, -0.1) is 22.9 Å². The molecule has 0 spiro atoms. The van der Waals surface area contributed by atoms with Gasteiger partial charge < -0.3 is 5.32 Å². The van der Waals surface area contributed by atoms with Gasteiger partial charge in [0.15, 0.2) is 0 Å². The van der Waals surface area contributed by atoms with Crippen LogP contribution in [0.5, 0.6) is 0 Å². The summed E-state index contributed by atoms with van der Waals surface area (Å²) in [6.45, 7) is 5.08. The molecule has 0 saturated carbocycles. The van der Waals surface area contributed by atoms with E-state index in [2.05, 4.69) is 46.5 Å². The molecule has 0 bridgehead atoms. The van der Waals surface area contributed by atoms with Crippen molar-refractivity contribution in [3.05, 3.63) is 20.8 Å². The van der Waals surface area contributed by atoms with Crippen molar-refractivity contribution in [1.82, 2.24) is 5.32 Å². The molecule has 0 unspecified atom stereocenters. The summed E-state index contributed by atoms with van der Waals surface area (Å²) in [5.41, 5.74) is 0.0119. The normalized spacial score (nSPS) is 12.0. The number of hydrogen-bond donors (Lipinski definition) is 1. The second-order valence-electron chi connectivity index (χ2n) is 3.60. The van der Waals surface area contributed by atoms with Crippen LogP contribution in [0.25, 0.3) is 0 Å². The van der Waals surface area contributed by atoms with Crippen LogP contribution >= 0.6 is 38.9 Å². The molecule has 1 heterocycles. The maximum absolute atomic E-state index is 5.80. The molecule has 74 valence electrons. The standard InChI is InChI=1S/C9H13BrClNS/c1-9(2,6-11)12-4-8-3-7(10)5-13-8/h3,5,12H,4,6H2,1-2H3. The van der Waals surface area contributed by atoms with E-state index in [0.29, 0.717) is 5.88 Å². The molecule has 0 aliphatic rings. The quantitative estimate of drug-likeness (QED) is 0.832. The van der Waals surface area contributed by atoms with Gasteiger partial charge in [-0.25, -0.2) is 0 Å². The highest BCUT2D eigenvalue weighted by Crippen LogP contribution is 2.20. The fraction of sp³-hybridized carbons (Fsp3) is 0.556. The van der Waals surface area contributed by atoms with Crippen molar-refractivity contribution in [1.29, 1.82) is 0 Å². The van der Waals surface area contributed by atoms with E-state index in [0.717, 1.165) is 11.0 Å². The monoisotopic (exact) mass is 281 g/mol. The van der Waals surface area contributed by atoms with Crippen LogP contribution in [0.1, 0.15) is 18.7 Å². The molecule has 1 nitrogen and oxygen atoms in total. The largest absolute Gasteiger partial charge is 0.306 e. The summed E-state index contributed by atoms with van der Waals surface area (Å²) in [4.78, 5) is 1.32. The molecule has 1 N–H and O–H groups in total. The predicted molar refractivity (Wildman–Crippen MR) is 63.7 cm³/mol. The van der Waals surface area contributed by atoms with Crippen LogP contribution in [-0.4, -0.2) is 11.4 Å². The van der Waals surface area contributed by atoms with Crippen molar-refractivity contribution < 1.29 is 0 Å². The van der Waals surface area contributed by atoms with E-state index in [1.807, 2.05) is 0 Å². The van der Waals surface area contributed by atoms with Crippen LogP contribution in [0.3, 0.4) is 0 Å². The van der Waals surface area contributed by atoms with E-state index >= 15 is 0 Å². The minimum absolute atomic E-state index is 0.0119. The molecule has 0 aliphatic heterocycles. The summed E-state index contributed by atoms with van der Waals surface area (Å²) < 4.78 is 1.15. The average Bonchev–Trinajstić information content (AvgIpc) is 2.48. The van der Waals surface area contributed by atoms with Crippen LogP contribution in [0.2, 0.25) is 0 Å². The minimum atomic E-state index is 0.0119. The number of hydrogen-bond acceptors (Lipinski definition) is 2. The zero-order valence-corrected chi connectivity index (χ0v) is 10.9. The number of alkyl halides is 1. The summed E-state index contributed by atoms with van der Waals surface area (Å²) in [6.07, 6.45) is 0. The Labute approximate surface area is 96.6 Å². The van der Waals surface area contributed by atoms with Gasteiger partial charge in [-0.3, -0.25) is 0 Å². The van der Waals surface area contributed by atoms with Crippen LogP contribution in [-0.2, 0) is 6.54 Å². The van der Waals surface area contributed by atoms with Crippen LogP contribution in [0.15, 0.2) is 15.9 Å². The Morgan fingerprint density at radius 1 is 1.62 bits per heavy atom. The van der Waals surface area contributed by atoms with E-state index < -0.39 is 0 Å². The highest BCUT2D eigenvalue weighted by Gasteiger charge is 2.14. The third-order valence-electron chi connectivity index (χ3n) is 1.70. The van der Waals surface area contributed by atoms with Crippen molar-refractivity contribution in [2.24, 2.45) is 0 Å². The highest BCUT2D eigenvalue weighted by atomic mass is 79.9. The van der Waals surface area contributed by atoms with Gasteiger partial charge in [-0.1, -0.05) is 0 Å². The first-order chi connectivity index (χ1) is 6.03. The van der Waals surface area contributed by atoms with Gasteiger partial charge in [0.05, 0.1) is 0 Å². The Kier molecular flexibility index (Phi) is 4.23. The van der Waals surface area contributed by atoms with Crippen LogP contribution in [0, 0.1) is 0 Å². The Morgan fingerprint density at radius 2 is 2.31 bits per heavy atom. The van der Waals surface area contributed by atoms with E-state index in [1.54, 1.807) is 11.3 Å². The molecule has 1 aromatic heterocycles. The predicted octanol–water partition coefficient (Wildman–Crippen LogP) is 3.62. The number of thiophene rings is 1. The minimum Gasteiger partial charge on any atom is -0.306 e. The second kappa shape index (κ2) is 4.78. The topological polar surface area (TPSA) is 12.0 Å². The zero-order chi connectivity index (χ0) is 9.90. The smallest absolute Gasteiger partial charge is 0.0400 e. The van der Waals surface area contributed by atoms with Gasteiger partial charge in [0.2, 0.25) is 0 Å². The zero-order valence-electron chi connectivity index (χ0n) is 7.73. The Morgan fingerprint density at radius 3 is 2.77 bits per heavy atom. The van der Waals surface area contributed by atoms with E-state index in [-0.39, 0.29) is 5.54 Å². The maximum atomic E-state index is 5.80. The van der Waals surface area contributed by atoms with Crippen molar-refractivity contribution in [3.63, 3.8) is 0 Å². The number of nitrogens with one attached hydrogen (secondary N) is 1. The van der Waals surface area contributed by atoms with Crippen molar-refractivity contribution in [2.45, 2.75) is 25.9 Å². The molecule has 0 radical (unpaired) electrons. The molecule has 1 aromatic rings. The summed E-state index contributed by atoms with van der Waals surface area (Å²) in [5, 5.41) is 5.48. The molecule has 13 heavy (non-hydrogen) atoms. The van der Waals surface area contributed by atoms with E-state index in [9.17, 15) is 0 Å². The second-order valence-corrected chi connectivity index (χ2v) is 5.78. The lowest BCUT2D eigenvalue weighted by atomic mass is 10.1. The first-order valence-electron chi connectivity index (χ1n) is 4.07. The molecular formula is C9H13BrClNS. The first-order valence-corrected chi connectivity index (χ1v) is 6.28. The summed E-state index contributed by atoms with van der Waals surface area (Å²) in [5.74, 6) is 0.625. The summed E-state index contributed by atoms with van der Waals surface area (Å²) in [7, 11) is 0. The Bertz CT molecular complexity index is 272. The lowest BCUT2D eigenvalue weighted by Crippen LogP contribution is -2.40. The molecule has 4 heteroatoms. The number of rotatable bonds is 4. The maximum Gasteiger partial charge on any atom is 0.0400 e. The summed E-state index contributed by atoms with van der Waals surface area (Å²) in [6, 6.07) is 2.13. The van der Waals surface area contributed by atoms with Gasteiger partial charge in [-0.05, 0) is 35.8 Å². The third kappa shape index (κ3) is 3.98. The van der Waals surface area contributed by atoms with E-state index in [1.165, 1.54) is 4.88 Å². The summed E-state index contributed by atoms with van der Waals surface area (Å²) >= 11 is 11.0. The van der Waals surface area contributed by atoms with Crippen molar-refractivity contribution in [3.8, 4) is 0 Å². The molecular weight excluding hydrogens is 270 g/mol. The molecule has 0 fully saturated rings. The fourth-order valence-electron chi connectivity index (χ4n) is 0.820. The van der Waals surface area contributed by atoms with Crippen molar-refractivity contribution in [2.75, 3.05) is 5.88 Å². The lowest BCUT2D eigenvalue weighted by Gasteiger charge is -2.22. The molecule has 0 atom stereocenters. The molecule has 1 rings (SSSR count). The van der Waals surface area contributed by atoms with E-state index in [4.69, 9.17) is 11.6 Å². The van der Waals surface area contributed by atoms with Gasteiger partial charge >= 0.3 is 0 Å². The van der Waals surface area contributed by atoms with Gasteiger partial charge in [0.1, 0.15) is 0 Å².